The first kappa shape index (κ1) is 19.9. The second-order valence-electron chi connectivity index (χ2n) is 3.86. The molecule has 0 aliphatic carbocycles. The summed E-state index contributed by atoms with van der Waals surface area (Å²) < 4.78 is 27.2. The Labute approximate surface area is 127 Å². The lowest BCUT2D eigenvalue weighted by atomic mass is 10.2. The van der Waals surface area contributed by atoms with Gasteiger partial charge in [0.2, 0.25) is 6.29 Å². The Morgan fingerprint density at radius 2 is 1.52 bits per heavy atom. The van der Waals surface area contributed by atoms with Crippen molar-refractivity contribution in [1.82, 2.24) is 0 Å². The minimum absolute atomic E-state index is 0.0395. The summed E-state index contributed by atoms with van der Waals surface area (Å²) in [5, 5.41) is 0. The molecule has 0 aromatic heterocycles. The Morgan fingerprint density at radius 1 is 1.00 bits per heavy atom. The van der Waals surface area contributed by atoms with Gasteiger partial charge in [-0.15, -0.1) is 0 Å². The fourth-order valence-corrected chi connectivity index (χ4v) is 1.60. The molecule has 0 spiro atoms. The molecule has 0 atom stereocenters. The molecule has 0 bridgehead atoms. The third-order valence-electron chi connectivity index (χ3n) is 2.27. The van der Waals surface area contributed by atoms with Gasteiger partial charge in [0.05, 0.1) is 0 Å². The topological polar surface area (TPSA) is 63.2 Å². The van der Waals surface area contributed by atoms with Crippen LogP contribution in [0.1, 0.15) is 34.6 Å². The van der Waals surface area contributed by atoms with Crippen LogP contribution in [-0.2, 0) is 28.5 Å². The average molecular weight is 302 g/mol. The minimum atomic E-state index is -1.34. The van der Waals surface area contributed by atoms with Gasteiger partial charge in [0, 0.05) is 33.4 Å². The van der Waals surface area contributed by atoms with Crippen molar-refractivity contribution < 1.29 is 28.5 Å². The molecule has 0 radical (unpaired) electrons. The number of hydrogen-bond donors (Lipinski definition) is 0. The number of hydrogen-bond acceptors (Lipinski definition) is 6. The van der Waals surface area contributed by atoms with Crippen LogP contribution in [0.5, 0.6) is 0 Å². The molecule has 122 valence electrons. The molecule has 0 heterocycles. The monoisotopic (exact) mass is 302 g/mol. The molecule has 0 amide bonds. The molecular weight excluding hydrogens is 276 g/mol. The van der Waals surface area contributed by atoms with Crippen LogP contribution in [0.3, 0.4) is 0 Å². The fraction of sp³-hybridized carbons (Fsp3) is 0.800. The van der Waals surface area contributed by atoms with Gasteiger partial charge in [-0.3, -0.25) is 4.79 Å². The van der Waals surface area contributed by atoms with Crippen LogP contribution in [0, 0.1) is 11.8 Å². The predicted octanol–water partition coefficient (Wildman–Crippen LogP) is 1.72. The van der Waals surface area contributed by atoms with Crippen molar-refractivity contribution in [2.75, 3.05) is 33.0 Å². The maximum Gasteiger partial charge on any atom is 0.303 e. The highest BCUT2D eigenvalue weighted by Crippen LogP contribution is 2.22. The van der Waals surface area contributed by atoms with Crippen molar-refractivity contribution >= 4 is 5.97 Å². The van der Waals surface area contributed by atoms with E-state index in [-0.39, 0.29) is 6.61 Å². The van der Waals surface area contributed by atoms with Gasteiger partial charge in [0.1, 0.15) is 0 Å². The van der Waals surface area contributed by atoms with Gasteiger partial charge in [0.25, 0.3) is 5.79 Å². The number of rotatable bonds is 10. The molecular formula is C15H26O6. The first-order chi connectivity index (χ1) is 10.1. The SMILES string of the molecule is CCOC(OCC)C(C#CCOC(C)=O)(OCC)OCC. The van der Waals surface area contributed by atoms with Gasteiger partial charge in [-0.05, 0) is 33.6 Å². The van der Waals surface area contributed by atoms with E-state index in [0.717, 1.165) is 0 Å². The Kier molecular flexibility index (Phi) is 10.9. The lowest BCUT2D eigenvalue weighted by Crippen LogP contribution is -2.49. The summed E-state index contributed by atoms with van der Waals surface area (Å²) >= 11 is 0. The quantitative estimate of drug-likeness (QED) is 0.348. The van der Waals surface area contributed by atoms with Gasteiger partial charge in [-0.1, -0.05) is 5.92 Å². The third-order valence-corrected chi connectivity index (χ3v) is 2.27. The fourth-order valence-electron chi connectivity index (χ4n) is 1.60. The van der Waals surface area contributed by atoms with Crippen LogP contribution in [0.25, 0.3) is 0 Å². The highest BCUT2D eigenvalue weighted by Gasteiger charge is 2.41. The molecule has 0 aliphatic heterocycles. The average Bonchev–Trinajstić information content (AvgIpc) is 2.43. The minimum Gasteiger partial charge on any atom is -0.453 e. The van der Waals surface area contributed by atoms with E-state index >= 15 is 0 Å². The van der Waals surface area contributed by atoms with Crippen LogP contribution in [-0.4, -0.2) is 51.1 Å². The summed E-state index contributed by atoms with van der Waals surface area (Å²) in [6, 6.07) is 0. The number of carbonyl (C=O) groups excluding carboxylic acids is 1. The Hall–Kier alpha value is -1.13. The highest BCUT2D eigenvalue weighted by molar-refractivity contribution is 5.66. The summed E-state index contributed by atoms with van der Waals surface area (Å²) in [7, 11) is 0. The van der Waals surface area contributed by atoms with Gasteiger partial charge in [-0.2, -0.15) is 0 Å². The summed E-state index contributed by atoms with van der Waals surface area (Å²) in [6.45, 7) is 10.2. The standard InChI is InChI=1S/C15H26O6/c1-6-17-14(18-7-2)15(20-8-3,21-9-4)11-10-12-19-13(5)16/h14H,6-9,12H2,1-5H3. The second-order valence-corrected chi connectivity index (χ2v) is 3.86. The first-order valence-electron chi connectivity index (χ1n) is 7.20. The molecule has 0 saturated heterocycles. The van der Waals surface area contributed by atoms with E-state index < -0.39 is 18.0 Å². The summed E-state index contributed by atoms with van der Waals surface area (Å²) in [4.78, 5) is 10.8. The molecule has 6 heteroatoms. The zero-order valence-electron chi connectivity index (χ0n) is 13.6. The van der Waals surface area contributed by atoms with Crippen molar-refractivity contribution in [2.24, 2.45) is 0 Å². The Balaban J connectivity index is 5.21. The number of esters is 1. The van der Waals surface area contributed by atoms with Gasteiger partial charge in [0.15, 0.2) is 6.61 Å². The van der Waals surface area contributed by atoms with E-state index in [1.54, 1.807) is 0 Å². The maximum absolute atomic E-state index is 10.8. The summed E-state index contributed by atoms with van der Waals surface area (Å²) in [6.07, 6.45) is -0.780. The van der Waals surface area contributed by atoms with Crippen molar-refractivity contribution in [3.05, 3.63) is 0 Å². The van der Waals surface area contributed by atoms with Crippen molar-refractivity contribution in [2.45, 2.75) is 46.7 Å². The normalized spacial score (nSPS) is 11.1. The predicted molar refractivity (Wildman–Crippen MR) is 77.4 cm³/mol. The van der Waals surface area contributed by atoms with E-state index in [0.29, 0.717) is 26.4 Å². The molecule has 0 N–H and O–H groups in total. The van der Waals surface area contributed by atoms with Crippen molar-refractivity contribution in [3.63, 3.8) is 0 Å². The van der Waals surface area contributed by atoms with Crippen LogP contribution < -0.4 is 0 Å². The van der Waals surface area contributed by atoms with Crippen LogP contribution in [0.2, 0.25) is 0 Å². The van der Waals surface area contributed by atoms with E-state index in [4.69, 9.17) is 23.7 Å². The summed E-state index contributed by atoms with van der Waals surface area (Å²) in [5.41, 5.74) is 0. The zero-order valence-corrected chi connectivity index (χ0v) is 13.6. The zero-order chi connectivity index (χ0) is 16.1. The molecule has 0 aliphatic rings. The van der Waals surface area contributed by atoms with Crippen LogP contribution in [0.15, 0.2) is 0 Å². The lowest BCUT2D eigenvalue weighted by molar-refractivity contribution is -0.321. The number of ether oxygens (including phenoxy) is 5. The lowest BCUT2D eigenvalue weighted by Gasteiger charge is -2.34. The maximum atomic E-state index is 10.8. The third kappa shape index (κ3) is 7.44. The molecule has 0 unspecified atom stereocenters. The molecule has 0 fully saturated rings. The molecule has 0 rings (SSSR count). The Bertz CT molecular complexity index is 332. The molecule has 0 aromatic carbocycles. The smallest absolute Gasteiger partial charge is 0.303 e. The second kappa shape index (κ2) is 11.5. The van der Waals surface area contributed by atoms with E-state index in [1.165, 1.54) is 6.92 Å². The summed E-state index contributed by atoms with van der Waals surface area (Å²) in [5.74, 6) is 3.83. The highest BCUT2D eigenvalue weighted by atomic mass is 16.8. The van der Waals surface area contributed by atoms with Crippen LogP contribution >= 0.6 is 0 Å². The van der Waals surface area contributed by atoms with Gasteiger partial charge in [-0.25, -0.2) is 0 Å². The molecule has 0 aromatic rings. The van der Waals surface area contributed by atoms with Gasteiger partial charge >= 0.3 is 5.97 Å². The molecule has 6 nitrogen and oxygen atoms in total. The van der Waals surface area contributed by atoms with Gasteiger partial charge < -0.3 is 23.7 Å². The molecule has 0 saturated carbocycles. The van der Waals surface area contributed by atoms with Crippen molar-refractivity contribution in [1.29, 1.82) is 0 Å². The van der Waals surface area contributed by atoms with Crippen LogP contribution in [0.4, 0.5) is 0 Å². The molecule has 21 heavy (non-hydrogen) atoms. The van der Waals surface area contributed by atoms with E-state index in [1.807, 2.05) is 27.7 Å². The van der Waals surface area contributed by atoms with E-state index in [9.17, 15) is 4.79 Å². The van der Waals surface area contributed by atoms with E-state index in [2.05, 4.69) is 11.8 Å². The largest absolute Gasteiger partial charge is 0.453 e. The Morgan fingerprint density at radius 3 is 1.90 bits per heavy atom. The number of carbonyl (C=O) groups is 1. The first-order valence-corrected chi connectivity index (χ1v) is 7.20. The van der Waals surface area contributed by atoms with Crippen molar-refractivity contribution in [3.8, 4) is 11.8 Å².